The Morgan fingerprint density at radius 3 is 3.05 bits per heavy atom. The molecule has 5 heteroatoms. The fourth-order valence-corrected chi connectivity index (χ4v) is 5.15. The first-order valence-corrected chi connectivity index (χ1v) is 8.98. The van der Waals surface area contributed by atoms with Crippen molar-refractivity contribution < 1.29 is 0 Å². The Morgan fingerprint density at radius 1 is 1.55 bits per heavy atom. The van der Waals surface area contributed by atoms with E-state index < -0.39 is 0 Å². The van der Waals surface area contributed by atoms with Crippen molar-refractivity contribution in [1.82, 2.24) is 15.1 Å². The van der Waals surface area contributed by atoms with Crippen molar-refractivity contribution in [2.75, 3.05) is 0 Å². The van der Waals surface area contributed by atoms with E-state index in [4.69, 9.17) is 0 Å². The Kier molecular flexibility index (Phi) is 4.19. The fourth-order valence-electron chi connectivity index (χ4n) is 3.03. The molecule has 0 amide bonds. The van der Waals surface area contributed by atoms with Crippen LogP contribution in [0.5, 0.6) is 0 Å². The first kappa shape index (κ1) is 14.5. The molecule has 0 aromatic carbocycles. The van der Waals surface area contributed by atoms with Crippen LogP contribution in [-0.2, 0) is 13.5 Å². The van der Waals surface area contributed by atoms with Crippen molar-refractivity contribution in [2.24, 2.45) is 7.05 Å². The Bertz CT molecular complexity index is 617. The molecule has 0 spiro atoms. The summed E-state index contributed by atoms with van der Waals surface area (Å²) in [6.07, 6.45) is 5.78. The number of nitrogens with one attached hydrogen (secondary N) is 1. The molecule has 1 aliphatic carbocycles. The van der Waals surface area contributed by atoms with Crippen LogP contribution in [0.4, 0.5) is 0 Å². The molecule has 3 nitrogen and oxygen atoms in total. The lowest BCUT2D eigenvalue weighted by molar-refractivity contribution is 0.417. The largest absolute Gasteiger partial charge is 0.303 e. The second-order valence-electron chi connectivity index (χ2n) is 5.57. The first-order valence-electron chi connectivity index (χ1n) is 7.09. The summed E-state index contributed by atoms with van der Waals surface area (Å²) >= 11 is 4.40. The van der Waals surface area contributed by atoms with Crippen molar-refractivity contribution in [3.63, 3.8) is 0 Å². The first-order chi connectivity index (χ1) is 9.56. The average Bonchev–Trinajstić information content (AvgIpc) is 2.94. The summed E-state index contributed by atoms with van der Waals surface area (Å²) in [4.78, 5) is 1.58. The zero-order valence-electron chi connectivity index (χ0n) is 12.1. The number of fused-ring (bicyclic) bond motifs is 1. The number of rotatable bonds is 3. The second kappa shape index (κ2) is 5.77. The van der Waals surface area contributed by atoms with Crippen LogP contribution in [0, 0.1) is 9.81 Å². The number of hydrogen-bond acceptors (Lipinski definition) is 3. The minimum absolute atomic E-state index is 0.345. The molecule has 3 rings (SSSR count). The van der Waals surface area contributed by atoms with E-state index in [1.807, 2.05) is 29.3 Å². The highest BCUT2D eigenvalue weighted by Crippen LogP contribution is 2.37. The van der Waals surface area contributed by atoms with E-state index in [0.29, 0.717) is 12.1 Å². The molecule has 0 aliphatic heterocycles. The molecule has 20 heavy (non-hydrogen) atoms. The van der Waals surface area contributed by atoms with Gasteiger partial charge in [0.2, 0.25) is 0 Å². The summed E-state index contributed by atoms with van der Waals surface area (Å²) in [5.74, 6) is 0. The normalized spacial score (nSPS) is 19.9. The van der Waals surface area contributed by atoms with E-state index in [1.165, 1.54) is 39.0 Å². The fraction of sp³-hybridized carbons (Fsp3) is 0.533. The lowest BCUT2D eigenvalue weighted by Gasteiger charge is -2.27. The molecule has 0 saturated heterocycles. The molecular weight excluding hydrogens is 381 g/mol. The molecule has 0 fully saturated rings. The highest BCUT2D eigenvalue weighted by atomic mass is 127. The Labute approximate surface area is 137 Å². The zero-order valence-corrected chi connectivity index (χ0v) is 15.1. The van der Waals surface area contributed by atoms with Crippen LogP contribution in [0.1, 0.15) is 53.5 Å². The van der Waals surface area contributed by atoms with Crippen molar-refractivity contribution >= 4 is 33.9 Å². The number of aromatic nitrogens is 2. The molecule has 0 bridgehead atoms. The number of thiophene rings is 1. The second-order valence-corrected chi connectivity index (χ2v) is 8.60. The summed E-state index contributed by atoms with van der Waals surface area (Å²) in [6, 6.07) is 3.20. The molecule has 1 N–H and O–H groups in total. The van der Waals surface area contributed by atoms with Crippen LogP contribution in [-0.4, -0.2) is 9.78 Å². The predicted octanol–water partition coefficient (Wildman–Crippen LogP) is 4.12. The molecule has 1 aliphatic rings. The smallest absolute Gasteiger partial charge is 0.0659 e. The van der Waals surface area contributed by atoms with E-state index in [0.717, 1.165) is 0 Å². The van der Waals surface area contributed by atoms with Crippen LogP contribution in [0.3, 0.4) is 0 Å². The summed E-state index contributed by atoms with van der Waals surface area (Å²) in [5.41, 5.74) is 4.09. The summed E-state index contributed by atoms with van der Waals surface area (Å²) in [5, 5.41) is 8.17. The van der Waals surface area contributed by atoms with Gasteiger partial charge in [0.1, 0.15) is 0 Å². The van der Waals surface area contributed by atoms with Crippen LogP contribution < -0.4 is 5.32 Å². The maximum atomic E-state index is 4.36. The van der Waals surface area contributed by atoms with E-state index in [1.54, 1.807) is 4.88 Å². The standard InChI is InChI=1S/C15H20IN3S/c1-9(12-8-17-19(3)10(12)2)18-13-5-4-6-14-11(13)7-15(16)20-14/h7-9,13,18H,4-6H2,1-3H3. The highest BCUT2D eigenvalue weighted by molar-refractivity contribution is 14.1. The summed E-state index contributed by atoms with van der Waals surface area (Å²) < 4.78 is 3.36. The molecule has 0 saturated carbocycles. The highest BCUT2D eigenvalue weighted by Gasteiger charge is 2.25. The van der Waals surface area contributed by atoms with Gasteiger partial charge >= 0.3 is 0 Å². The average molecular weight is 401 g/mol. The van der Waals surface area contributed by atoms with Gasteiger partial charge in [-0.2, -0.15) is 5.10 Å². The molecule has 2 unspecified atom stereocenters. The van der Waals surface area contributed by atoms with Crippen LogP contribution >= 0.6 is 33.9 Å². The monoisotopic (exact) mass is 401 g/mol. The molecule has 2 heterocycles. The van der Waals surface area contributed by atoms with Gasteiger partial charge in [-0.15, -0.1) is 11.3 Å². The topological polar surface area (TPSA) is 29.9 Å². The third-order valence-corrected chi connectivity index (χ3v) is 6.25. The maximum absolute atomic E-state index is 4.36. The van der Waals surface area contributed by atoms with Crippen LogP contribution in [0.15, 0.2) is 12.3 Å². The van der Waals surface area contributed by atoms with Crippen molar-refractivity contribution in [1.29, 1.82) is 0 Å². The van der Waals surface area contributed by atoms with Crippen molar-refractivity contribution in [3.8, 4) is 0 Å². The maximum Gasteiger partial charge on any atom is 0.0659 e. The van der Waals surface area contributed by atoms with E-state index in [2.05, 4.69) is 52.9 Å². The number of aryl methyl sites for hydroxylation is 2. The van der Waals surface area contributed by atoms with Crippen molar-refractivity contribution in [2.45, 2.75) is 45.2 Å². The van der Waals surface area contributed by atoms with Crippen LogP contribution in [0.2, 0.25) is 0 Å². The van der Waals surface area contributed by atoms with Gasteiger partial charge < -0.3 is 5.32 Å². The quantitative estimate of drug-likeness (QED) is 0.785. The van der Waals surface area contributed by atoms with Crippen LogP contribution in [0.25, 0.3) is 0 Å². The number of halogens is 1. The van der Waals surface area contributed by atoms with E-state index in [-0.39, 0.29) is 0 Å². The van der Waals surface area contributed by atoms with Crippen molar-refractivity contribution in [3.05, 3.63) is 36.8 Å². The number of nitrogens with zero attached hydrogens (tertiary/aromatic N) is 2. The SMILES string of the molecule is Cc1c(C(C)NC2CCCc3sc(I)cc32)cnn1C. The van der Waals surface area contributed by atoms with Gasteiger partial charge in [0.05, 0.1) is 9.08 Å². The van der Waals surface area contributed by atoms with Gasteiger partial charge in [-0.05, 0) is 67.3 Å². The zero-order chi connectivity index (χ0) is 14.3. The molecule has 2 aromatic heterocycles. The molecule has 2 atom stereocenters. The molecule has 0 radical (unpaired) electrons. The van der Waals surface area contributed by atoms with Gasteiger partial charge in [0.25, 0.3) is 0 Å². The number of hydrogen-bond donors (Lipinski definition) is 1. The summed E-state index contributed by atoms with van der Waals surface area (Å²) in [6.45, 7) is 4.38. The predicted molar refractivity (Wildman–Crippen MR) is 92.2 cm³/mol. The lowest BCUT2D eigenvalue weighted by atomic mass is 9.93. The third kappa shape index (κ3) is 2.67. The van der Waals surface area contributed by atoms with Gasteiger partial charge in [0, 0.05) is 35.3 Å². The van der Waals surface area contributed by atoms with Gasteiger partial charge in [-0.1, -0.05) is 0 Å². The third-order valence-electron chi connectivity index (χ3n) is 4.27. The minimum atomic E-state index is 0.345. The van der Waals surface area contributed by atoms with Gasteiger partial charge in [0.15, 0.2) is 0 Å². The van der Waals surface area contributed by atoms with Gasteiger partial charge in [-0.3, -0.25) is 4.68 Å². The molecule has 108 valence electrons. The Morgan fingerprint density at radius 2 is 2.35 bits per heavy atom. The Balaban J connectivity index is 1.80. The van der Waals surface area contributed by atoms with E-state index >= 15 is 0 Å². The van der Waals surface area contributed by atoms with Gasteiger partial charge in [-0.25, -0.2) is 0 Å². The summed E-state index contributed by atoms with van der Waals surface area (Å²) in [7, 11) is 2.01. The lowest BCUT2D eigenvalue weighted by Crippen LogP contribution is -2.27. The minimum Gasteiger partial charge on any atom is -0.303 e. The Hall–Kier alpha value is -0.400. The van der Waals surface area contributed by atoms with E-state index in [9.17, 15) is 0 Å². The molecular formula is C15H20IN3S. The molecule has 2 aromatic rings.